The maximum Gasteiger partial charge on any atom is 0.239 e. The standard InChI is InChI=1S/C16H22N2O3/c1-11(2)9-17-16(19)10-18-6-5-13-14(18)7-12(20-3)8-15(13)21-4/h5-8,11H,9-10H2,1-4H3,(H,17,19). The summed E-state index contributed by atoms with van der Waals surface area (Å²) in [6.07, 6.45) is 1.89. The summed E-state index contributed by atoms with van der Waals surface area (Å²) in [5, 5.41) is 3.89. The van der Waals surface area contributed by atoms with Gasteiger partial charge in [0.1, 0.15) is 18.0 Å². The number of nitrogens with one attached hydrogen (secondary N) is 1. The van der Waals surface area contributed by atoms with E-state index in [0.717, 1.165) is 16.7 Å². The van der Waals surface area contributed by atoms with Crippen LogP contribution in [-0.2, 0) is 11.3 Å². The van der Waals surface area contributed by atoms with Crippen LogP contribution in [0.5, 0.6) is 11.5 Å². The Labute approximate surface area is 124 Å². The molecule has 0 fully saturated rings. The number of hydrogen-bond acceptors (Lipinski definition) is 3. The van der Waals surface area contributed by atoms with Crippen molar-refractivity contribution in [1.29, 1.82) is 0 Å². The van der Waals surface area contributed by atoms with Crippen molar-refractivity contribution in [2.45, 2.75) is 20.4 Å². The molecule has 0 bridgehead atoms. The molecule has 1 aromatic heterocycles. The lowest BCUT2D eigenvalue weighted by Crippen LogP contribution is -2.30. The molecule has 114 valence electrons. The molecule has 0 radical (unpaired) electrons. The Balaban J connectivity index is 2.26. The number of rotatable bonds is 6. The highest BCUT2D eigenvalue weighted by Crippen LogP contribution is 2.31. The van der Waals surface area contributed by atoms with E-state index in [1.807, 2.05) is 29.0 Å². The number of benzene rings is 1. The Hall–Kier alpha value is -2.17. The number of ether oxygens (including phenoxy) is 2. The van der Waals surface area contributed by atoms with Gasteiger partial charge in [0.2, 0.25) is 5.91 Å². The van der Waals surface area contributed by atoms with Crippen LogP contribution in [0.1, 0.15) is 13.8 Å². The average Bonchev–Trinajstić information content (AvgIpc) is 2.87. The van der Waals surface area contributed by atoms with Crippen molar-refractivity contribution in [1.82, 2.24) is 9.88 Å². The largest absolute Gasteiger partial charge is 0.497 e. The predicted octanol–water partition coefficient (Wildman–Crippen LogP) is 2.43. The van der Waals surface area contributed by atoms with Crippen LogP contribution in [0, 0.1) is 5.92 Å². The number of methoxy groups -OCH3 is 2. The third-order valence-corrected chi connectivity index (χ3v) is 3.30. The Morgan fingerprint density at radius 2 is 2.05 bits per heavy atom. The molecule has 2 rings (SSSR count). The molecule has 0 atom stereocenters. The molecule has 0 unspecified atom stereocenters. The molecule has 2 aromatic rings. The second-order valence-electron chi connectivity index (χ2n) is 5.40. The molecule has 1 aromatic carbocycles. The van der Waals surface area contributed by atoms with E-state index in [1.165, 1.54) is 0 Å². The number of carbonyl (C=O) groups is 1. The third-order valence-electron chi connectivity index (χ3n) is 3.30. The quantitative estimate of drug-likeness (QED) is 0.889. The first-order chi connectivity index (χ1) is 10.0. The minimum Gasteiger partial charge on any atom is -0.497 e. The number of aromatic nitrogens is 1. The van der Waals surface area contributed by atoms with Crippen LogP contribution in [0.4, 0.5) is 0 Å². The smallest absolute Gasteiger partial charge is 0.239 e. The first kappa shape index (κ1) is 15.2. The second-order valence-corrected chi connectivity index (χ2v) is 5.40. The lowest BCUT2D eigenvalue weighted by molar-refractivity contribution is -0.121. The highest BCUT2D eigenvalue weighted by Gasteiger charge is 2.11. The Kier molecular flexibility index (Phi) is 4.73. The predicted molar refractivity (Wildman–Crippen MR) is 82.9 cm³/mol. The third kappa shape index (κ3) is 3.48. The molecule has 0 aliphatic carbocycles. The van der Waals surface area contributed by atoms with Crippen molar-refractivity contribution in [3.63, 3.8) is 0 Å². The van der Waals surface area contributed by atoms with Crippen LogP contribution in [0.3, 0.4) is 0 Å². The molecule has 0 aliphatic heterocycles. The molecule has 21 heavy (non-hydrogen) atoms. The van der Waals surface area contributed by atoms with Gasteiger partial charge in [-0.25, -0.2) is 0 Å². The van der Waals surface area contributed by atoms with Gasteiger partial charge in [-0.3, -0.25) is 4.79 Å². The summed E-state index contributed by atoms with van der Waals surface area (Å²) < 4.78 is 12.6. The number of amides is 1. The van der Waals surface area contributed by atoms with Gasteiger partial charge in [0.25, 0.3) is 0 Å². The van der Waals surface area contributed by atoms with Crippen molar-refractivity contribution >= 4 is 16.8 Å². The van der Waals surface area contributed by atoms with E-state index in [0.29, 0.717) is 18.2 Å². The van der Waals surface area contributed by atoms with Crippen molar-refractivity contribution in [2.75, 3.05) is 20.8 Å². The van der Waals surface area contributed by atoms with Gasteiger partial charge in [-0.1, -0.05) is 13.8 Å². The van der Waals surface area contributed by atoms with Crippen LogP contribution >= 0.6 is 0 Å². The summed E-state index contributed by atoms with van der Waals surface area (Å²) in [4.78, 5) is 12.0. The minimum absolute atomic E-state index is 0.00277. The van der Waals surface area contributed by atoms with E-state index in [1.54, 1.807) is 14.2 Å². The van der Waals surface area contributed by atoms with Gasteiger partial charge in [-0.15, -0.1) is 0 Å². The van der Waals surface area contributed by atoms with Gasteiger partial charge in [-0.05, 0) is 12.0 Å². The molecule has 0 saturated carbocycles. The number of carbonyl (C=O) groups excluding carboxylic acids is 1. The number of nitrogens with zero attached hydrogens (tertiary/aromatic N) is 1. The van der Waals surface area contributed by atoms with Gasteiger partial charge in [0.05, 0.1) is 19.7 Å². The molecular weight excluding hydrogens is 268 g/mol. The minimum atomic E-state index is 0.00277. The van der Waals surface area contributed by atoms with Gasteiger partial charge < -0.3 is 19.4 Å². The van der Waals surface area contributed by atoms with Gasteiger partial charge in [0.15, 0.2) is 0 Å². The van der Waals surface area contributed by atoms with Crippen LogP contribution in [-0.4, -0.2) is 31.2 Å². The normalized spacial score (nSPS) is 10.9. The zero-order valence-electron chi connectivity index (χ0n) is 13.0. The Bertz CT molecular complexity index is 632. The molecule has 1 heterocycles. The lowest BCUT2D eigenvalue weighted by atomic mass is 10.2. The topological polar surface area (TPSA) is 52.5 Å². The van der Waals surface area contributed by atoms with E-state index in [2.05, 4.69) is 19.2 Å². The summed E-state index contributed by atoms with van der Waals surface area (Å²) in [6, 6.07) is 5.70. The van der Waals surface area contributed by atoms with Gasteiger partial charge in [0, 0.05) is 30.3 Å². The summed E-state index contributed by atoms with van der Waals surface area (Å²) in [5.41, 5.74) is 0.922. The highest BCUT2D eigenvalue weighted by atomic mass is 16.5. The van der Waals surface area contributed by atoms with E-state index < -0.39 is 0 Å². The maximum atomic E-state index is 12.0. The van der Waals surface area contributed by atoms with Gasteiger partial charge >= 0.3 is 0 Å². The Morgan fingerprint density at radius 1 is 1.29 bits per heavy atom. The molecule has 1 N–H and O–H groups in total. The van der Waals surface area contributed by atoms with E-state index in [4.69, 9.17) is 9.47 Å². The van der Waals surface area contributed by atoms with Crippen LogP contribution in [0.2, 0.25) is 0 Å². The highest BCUT2D eigenvalue weighted by molar-refractivity contribution is 5.89. The summed E-state index contributed by atoms with van der Waals surface area (Å²) in [6.45, 7) is 5.11. The Morgan fingerprint density at radius 3 is 2.67 bits per heavy atom. The maximum absolute atomic E-state index is 12.0. The average molecular weight is 290 g/mol. The zero-order chi connectivity index (χ0) is 15.4. The first-order valence-corrected chi connectivity index (χ1v) is 7.02. The van der Waals surface area contributed by atoms with Crippen molar-refractivity contribution in [3.8, 4) is 11.5 Å². The van der Waals surface area contributed by atoms with E-state index in [-0.39, 0.29) is 12.5 Å². The molecule has 1 amide bonds. The van der Waals surface area contributed by atoms with E-state index in [9.17, 15) is 4.79 Å². The summed E-state index contributed by atoms with van der Waals surface area (Å²) in [5.74, 6) is 1.89. The molecule has 0 spiro atoms. The van der Waals surface area contributed by atoms with Crippen molar-refractivity contribution in [3.05, 3.63) is 24.4 Å². The van der Waals surface area contributed by atoms with Crippen LogP contribution in [0.25, 0.3) is 10.9 Å². The molecule has 0 aliphatic rings. The number of fused-ring (bicyclic) bond motifs is 1. The van der Waals surface area contributed by atoms with Crippen LogP contribution < -0.4 is 14.8 Å². The SMILES string of the molecule is COc1cc(OC)c2ccn(CC(=O)NCC(C)C)c2c1. The fourth-order valence-electron chi connectivity index (χ4n) is 2.19. The zero-order valence-corrected chi connectivity index (χ0v) is 13.0. The fourth-order valence-corrected chi connectivity index (χ4v) is 2.19. The fraction of sp³-hybridized carbons (Fsp3) is 0.438. The summed E-state index contributed by atoms with van der Waals surface area (Å²) >= 11 is 0. The van der Waals surface area contributed by atoms with Crippen molar-refractivity contribution < 1.29 is 14.3 Å². The van der Waals surface area contributed by atoms with Gasteiger partial charge in [-0.2, -0.15) is 0 Å². The first-order valence-electron chi connectivity index (χ1n) is 7.02. The molecule has 5 heteroatoms. The number of hydrogen-bond donors (Lipinski definition) is 1. The molecule has 0 saturated heterocycles. The monoisotopic (exact) mass is 290 g/mol. The van der Waals surface area contributed by atoms with Crippen molar-refractivity contribution in [2.24, 2.45) is 5.92 Å². The van der Waals surface area contributed by atoms with Crippen LogP contribution in [0.15, 0.2) is 24.4 Å². The summed E-state index contributed by atoms with van der Waals surface area (Å²) in [7, 11) is 3.24. The van der Waals surface area contributed by atoms with E-state index >= 15 is 0 Å². The lowest BCUT2D eigenvalue weighted by Gasteiger charge is -2.11. The molecule has 5 nitrogen and oxygen atoms in total. The second kappa shape index (κ2) is 6.52. The molecular formula is C16H22N2O3.